The van der Waals surface area contributed by atoms with E-state index >= 15 is 0 Å². The number of esters is 1. The first-order valence-electron chi connectivity index (χ1n) is 6.63. The number of ketones is 1. The minimum absolute atomic E-state index is 0.0477. The summed E-state index contributed by atoms with van der Waals surface area (Å²) in [5, 5.41) is 0. The number of hydrogen-bond donors (Lipinski definition) is 0. The molecule has 3 unspecified atom stereocenters. The minimum atomic E-state index is -0.171. The van der Waals surface area contributed by atoms with Gasteiger partial charge in [-0.25, -0.2) is 4.79 Å². The van der Waals surface area contributed by atoms with Crippen molar-refractivity contribution >= 4 is 11.8 Å². The quantitative estimate of drug-likeness (QED) is 0.617. The molecule has 3 aliphatic rings. The van der Waals surface area contributed by atoms with Crippen molar-refractivity contribution in [1.82, 2.24) is 0 Å². The molecule has 1 aliphatic heterocycles. The fourth-order valence-corrected chi connectivity index (χ4v) is 3.76. The second-order valence-electron chi connectivity index (χ2n) is 5.79. The Bertz CT molecular complexity index is 510. The molecule has 1 saturated carbocycles. The Balaban J connectivity index is 2.04. The first-order valence-corrected chi connectivity index (χ1v) is 6.63. The van der Waals surface area contributed by atoms with Crippen LogP contribution in [-0.2, 0) is 14.3 Å². The van der Waals surface area contributed by atoms with Crippen LogP contribution in [0.25, 0.3) is 0 Å². The summed E-state index contributed by atoms with van der Waals surface area (Å²) in [5.74, 6) is 0.749. The molecule has 0 aromatic carbocycles. The van der Waals surface area contributed by atoms with Gasteiger partial charge in [0.05, 0.1) is 0 Å². The number of carbonyl (C=O) groups excluding carboxylic acids is 2. The molecule has 1 fully saturated rings. The predicted molar refractivity (Wildman–Crippen MR) is 66.8 cm³/mol. The van der Waals surface area contributed by atoms with E-state index in [4.69, 9.17) is 4.74 Å². The fourth-order valence-electron chi connectivity index (χ4n) is 3.76. The third-order valence-electron chi connectivity index (χ3n) is 4.71. The maximum atomic E-state index is 11.9. The maximum Gasteiger partial charge on any atom is 0.334 e. The minimum Gasteiger partial charge on any atom is -0.454 e. The van der Waals surface area contributed by atoms with Crippen molar-refractivity contribution in [3.63, 3.8) is 0 Å². The maximum absolute atomic E-state index is 11.9. The molecule has 0 spiro atoms. The molecule has 0 N–H and O–H groups in total. The van der Waals surface area contributed by atoms with Crippen LogP contribution in [0.15, 0.2) is 22.3 Å². The topological polar surface area (TPSA) is 43.4 Å². The lowest BCUT2D eigenvalue weighted by Crippen LogP contribution is -2.14. The van der Waals surface area contributed by atoms with Crippen molar-refractivity contribution in [2.24, 2.45) is 11.8 Å². The van der Waals surface area contributed by atoms with Gasteiger partial charge in [0.2, 0.25) is 0 Å². The summed E-state index contributed by atoms with van der Waals surface area (Å²) in [6.45, 7) is 5.94. The second kappa shape index (κ2) is 3.81. The van der Waals surface area contributed by atoms with Crippen LogP contribution in [0.3, 0.4) is 0 Å². The summed E-state index contributed by atoms with van der Waals surface area (Å²) in [5.41, 5.74) is 4.17. The third-order valence-corrected chi connectivity index (χ3v) is 4.71. The van der Waals surface area contributed by atoms with Gasteiger partial charge in [-0.2, -0.15) is 0 Å². The average Bonchev–Trinajstić information content (AvgIpc) is 2.66. The summed E-state index contributed by atoms with van der Waals surface area (Å²) >= 11 is 0. The summed E-state index contributed by atoms with van der Waals surface area (Å²) in [7, 11) is 0. The van der Waals surface area contributed by atoms with Crippen LogP contribution >= 0.6 is 0 Å². The van der Waals surface area contributed by atoms with Crippen molar-refractivity contribution in [3.8, 4) is 0 Å². The van der Waals surface area contributed by atoms with Crippen LogP contribution in [0.2, 0.25) is 0 Å². The smallest absolute Gasteiger partial charge is 0.334 e. The van der Waals surface area contributed by atoms with Gasteiger partial charge >= 0.3 is 5.97 Å². The van der Waals surface area contributed by atoms with Crippen LogP contribution in [0, 0.1) is 11.8 Å². The molecular weight excluding hydrogens is 228 g/mol. The molecule has 0 amide bonds. The van der Waals surface area contributed by atoms with Crippen molar-refractivity contribution in [3.05, 3.63) is 22.3 Å². The van der Waals surface area contributed by atoms with Crippen LogP contribution in [0.4, 0.5) is 0 Å². The number of fused-ring (bicyclic) bond motifs is 2. The van der Waals surface area contributed by atoms with Crippen LogP contribution in [0.1, 0.15) is 40.0 Å². The standard InChI is InChI=1S/C15H18O3/c1-7-4-13-11(8(2)15(17)18-13)5-10-6-12(16)9(3)14(7)10/h7,10,13H,4-6H2,1-3H3. The van der Waals surface area contributed by atoms with E-state index in [-0.39, 0.29) is 17.9 Å². The molecule has 0 bridgehead atoms. The van der Waals surface area contributed by atoms with Crippen molar-refractivity contribution < 1.29 is 14.3 Å². The lowest BCUT2D eigenvalue weighted by atomic mass is 9.88. The van der Waals surface area contributed by atoms with E-state index in [1.165, 1.54) is 5.57 Å². The van der Waals surface area contributed by atoms with Gasteiger partial charge in [0.1, 0.15) is 6.10 Å². The zero-order valence-corrected chi connectivity index (χ0v) is 11.1. The van der Waals surface area contributed by atoms with Gasteiger partial charge in [-0.05, 0) is 49.7 Å². The highest BCUT2D eigenvalue weighted by atomic mass is 16.5. The third kappa shape index (κ3) is 1.49. The molecule has 2 aliphatic carbocycles. The summed E-state index contributed by atoms with van der Waals surface area (Å²) in [6, 6.07) is 0. The number of rotatable bonds is 0. The van der Waals surface area contributed by atoms with E-state index in [9.17, 15) is 9.59 Å². The van der Waals surface area contributed by atoms with Gasteiger partial charge in [0.15, 0.2) is 5.78 Å². The highest BCUT2D eigenvalue weighted by Crippen LogP contribution is 2.46. The molecule has 3 nitrogen and oxygen atoms in total. The molecular formula is C15H18O3. The Morgan fingerprint density at radius 1 is 1.11 bits per heavy atom. The summed E-state index contributed by atoms with van der Waals surface area (Å²) in [6.07, 6.45) is 2.22. The van der Waals surface area contributed by atoms with E-state index in [0.717, 1.165) is 29.6 Å². The highest BCUT2D eigenvalue weighted by Gasteiger charge is 2.42. The number of hydrogen-bond acceptors (Lipinski definition) is 3. The van der Waals surface area contributed by atoms with Crippen LogP contribution in [0.5, 0.6) is 0 Å². The number of Topliss-reactive ketones (excluding diaryl/α,β-unsaturated/α-hetero) is 1. The molecule has 18 heavy (non-hydrogen) atoms. The molecule has 0 aromatic rings. The highest BCUT2D eigenvalue weighted by molar-refractivity contribution is 5.99. The van der Waals surface area contributed by atoms with E-state index in [1.807, 2.05) is 13.8 Å². The molecule has 0 saturated heterocycles. The normalized spacial score (nSPS) is 35.6. The predicted octanol–water partition coefficient (Wildman–Crippen LogP) is 2.56. The van der Waals surface area contributed by atoms with Crippen LogP contribution < -0.4 is 0 Å². The molecule has 0 aromatic heterocycles. The Morgan fingerprint density at radius 3 is 2.56 bits per heavy atom. The lowest BCUT2D eigenvalue weighted by Gasteiger charge is -2.17. The average molecular weight is 246 g/mol. The van der Waals surface area contributed by atoms with E-state index < -0.39 is 0 Å². The monoisotopic (exact) mass is 246 g/mol. The molecule has 3 rings (SSSR count). The molecule has 96 valence electrons. The van der Waals surface area contributed by atoms with E-state index in [2.05, 4.69) is 6.92 Å². The van der Waals surface area contributed by atoms with Crippen LogP contribution in [-0.4, -0.2) is 17.9 Å². The van der Waals surface area contributed by atoms with Crippen molar-refractivity contribution in [1.29, 1.82) is 0 Å². The molecule has 0 radical (unpaired) electrons. The zero-order valence-electron chi connectivity index (χ0n) is 11.1. The molecule has 1 heterocycles. The summed E-state index contributed by atoms with van der Waals surface area (Å²) in [4.78, 5) is 23.5. The Morgan fingerprint density at radius 2 is 1.83 bits per heavy atom. The second-order valence-corrected chi connectivity index (χ2v) is 5.79. The molecule has 3 heteroatoms. The summed E-state index contributed by atoms with van der Waals surface area (Å²) < 4.78 is 5.43. The van der Waals surface area contributed by atoms with Gasteiger partial charge < -0.3 is 4.74 Å². The van der Waals surface area contributed by atoms with Gasteiger partial charge in [0.25, 0.3) is 0 Å². The van der Waals surface area contributed by atoms with Gasteiger partial charge in [-0.3, -0.25) is 4.79 Å². The fraction of sp³-hybridized carbons (Fsp3) is 0.600. The zero-order chi connectivity index (χ0) is 13.0. The lowest BCUT2D eigenvalue weighted by molar-refractivity contribution is -0.140. The SMILES string of the molecule is CC1=C2C(C)CC3OC(=O)C(C)=C3CC2CC1=O. The van der Waals surface area contributed by atoms with Crippen molar-refractivity contribution in [2.45, 2.75) is 46.1 Å². The number of allylic oxidation sites excluding steroid dienone is 2. The Labute approximate surface area is 107 Å². The van der Waals surface area contributed by atoms with E-state index in [0.29, 0.717) is 18.3 Å². The first-order chi connectivity index (χ1) is 8.49. The Hall–Kier alpha value is -1.38. The van der Waals surface area contributed by atoms with Gasteiger partial charge in [0, 0.05) is 12.0 Å². The number of carbonyl (C=O) groups is 2. The van der Waals surface area contributed by atoms with Gasteiger partial charge in [-0.1, -0.05) is 12.5 Å². The number of ether oxygens (including phenoxy) is 1. The largest absolute Gasteiger partial charge is 0.454 e. The molecule has 3 atom stereocenters. The first kappa shape index (κ1) is 11.7. The Kier molecular flexibility index (Phi) is 2.47. The van der Waals surface area contributed by atoms with Gasteiger partial charge in [-0.15, -0.1) is 0 Å². The van der Waals surface area contributed by atoms with E-state index in [1.54, 1.807) is 0 Å². The van der Waals surface area contributed by atoms with Crippen molar-refractivity contribution in [2.75, 3.05) is 0 Å².